The zero-order chi connectivity index (χ0) is 30.6. The monoisotopic (exact) mass is 600 g/mol. The number of fused-ring (bicyclic) bond motifs is 4. The predicted octanol–water partition coefficient (Wildman–Crippen LogP) is 5.56. The first-order valence-corrected chi connectivity index (χ1v) is 16.3. The van der Waals surface area contributed by atoms with Crippen molar-refractivity contribution in [3.63, 3.8) is 0 Å². The van der Waals surface area contributed by atoms with Gasteiger partial charge in [-0.1, -0.05) is 19.1 Å². The molecular formula is C34H44N6O4. The molecule has 7 rings (SSSR count). The number of phenolic OH excluding ortho intramolecular Hbond substituents is 1. The van der Waals surface area contributed by atoms with Gasteiger partial charge in [-0.3, -0.25) is 14.8 Å². The number of ether oxygens (including phenoxy) is 2. The number of rotatable bonds is 6. The highest BCUT2D eigenvalue weighted by Gasteiger charge is 2.46. The van der Waals surface area contributed by atoms with Crippen molar-refractivity contribution in [2.24, 2.45) is 0 Å². The quantitative estimate of drug-likeness (QED) is 0.390. The number of anilines is 1. The van der Waals surface area contributed by atoms with Crippen molar-refractivity contribution in [2.45, 2.75) is 95.9 Å². The lowest BCUT2D eigenvalue weighted by molar-refractivity contribution is 0.0122. The maximum atomic E-state index is 13.2. The van der Waals surface area contributed by atoms with Gasteiger partial charge in [-0.2, -0.15) is 9.97 Å². The number of aromatic nitrogens is 3. The first-order valence-electron chi connectivity index (χ1n) is 16.3. The zero-order valence-electron chi connectivity index (χ0n) is 26.4. The summed E-state index contributed by atoms with van der Waals surface area (Å²) in [6.07, 6.45) is 8.84. The van der Waals surface area contributed by atoms with Gasteiger partial charge >= 0.3 is 12.1 Å². The molecule has 2 aromatic heterocycles. The molecule has 44 heavy (non-hydrogen) atoms. The minimum Gasteiger partial charge on any atom is -0.507 e. The summed E-state index contributed by atoms with van der Waals surface area (Å²) in [7, 11) is 0. The van der Waals surface area contributed by atoms with Crippen LogP contribution in [-0.2, 0) is 11.2 Å². The van der Waals surface area contributed by atoms with Crippen LogP contribution in [0.5, 0.6) is 11.8 Å². The fourth-order valence-electron chi connectivity index (χ4n) is 8.00. The third kappa shape index (κ3) is 5.10. The average molecular weight is 601 g/mol. The Kier molecular flexibility index (Phi) is 7.30. The number of hydrogen-bond donors (Lipinski definition) is 1. The van der Waals surface area contributed by atoms with Crippen molar-refractivity contribution in [1.82, 2.24) is 24.8 Å². The summed E-state index contributed by atoms with van der Waals surface area (Å²) in [5.74, 6) is 0.986. The molecule has 4 aliphatic rings. The van der Waals surface area contributed by atoms with E-state index in [2.05, 4.69) is 16.7 Å². The molecule has 1 amide bonds. The van der Waals surface area contributed by atoms with Crippen molar-refractivity contribution in [1.29, 1.82) is 0 Å². The second-order valence-electron chi connectivity index (χ2n) is 13.9. The maximum Gasteiger partial charge on any atom is 0.410 e. The fraction of sp³-hybridized carbons (Fsp3) is 0.588. The number of carbonyl (C=O) groups is 1. The second-order valence-corrected chi connectivity index (χ2v) is 13.9. The van der Waals surface area contributed by atoms with Gasteiger partial charge in [0.2, 0.25) is 0 Å². The first kappa shape index (κ1) is 29.1. The molecule has 10 nitrogen and oxygen atoms in total. The van der Waals surface area contributed by atoms with E-state index >= 15 is 0 Å². The van der Waals surface area contributed by atoms with Crippen LogP contribution in [0.15, 0.2) is 30.5 Å². The predicted molar refractivity (Wildman–Crippen MR) is 169 cm³/mol. The third-order valence-electron chi connectivity index (χ3n) is 9.98. The Morgan fingerprint density at radius 3 is 2.43 bits per heavy atom. The molecule has 4 aliphatic heterocycles. The van der Waals surface area contributed by atoms with Crippen molar-refractivity contribution < 1.29 is 19.4 Å². The number of aromatic hydroxyl groups is 1. The number of hydrogen-bond acceptors (Lipinski definition) is 9. The summed E-state index contributed by atoms with van der Waals surface area (Å²) in [6.45, 7) is 12.0. The lowest BCUT2D eigenvalue weighted by atomic mass is 9.95. The van der Waals surface area contributed by atoms with E-state index in [0.29, 0.717) is 37.7 Å². The van der Waals surface area contributed by atoms with Crippen LogP contribution < -0.4 is 9.64 Å². The van der Waals surface area contributed by atoms with E-state index in [0.717, 1.165) is 66.8 Å². The van der Waals surface area contributed by atoms with Crippen molar-refractivity contribution in [3.05, 3.63) is 36.0 Å². The van der Waals surface area contributed by atoms with Gasteiger partial charge in [0.25, 0.3) is 0 Å². The van der Waals surface area contributed by atoms with Gasteiger partial charge < -0.3 is 19.5 Å². The van der Waals surface area contributed by atoms with Crippen LogP contribution >= 0.6 is 0 Å². The molecule has 0 saturated carbocycles. The van der Waals surface area contributed by atoms with E-state index in [1.165, 1.54) is 12.8 Å². The number of para-hydroxylation sites is 1. The Balaban J connectivity index is 1.28. The zero-order valence-corrected chi connectivity index (χ0v) is 26.4. The van der Waals surface area contributed by atoms with E-state index in [1.54, 1.807) is 6.07 Å². The lowest BCUT2D eigenvalue weighted by Crippen LogP contribution is -2.57. The van der Waals surface area contributed by atoms with Gasteiger partial charge in [-0.25, -0.2) is 4.79 Å². The number of piperazine rings is 1. The van der Waals surface area contributed by atoms with E-state index in [-0.39, 0.29) is 29.5 Å². The van der Waals surface area contributed by atoms with Crippen molar-refractivity contribution in [2.75, 3.05) is 37.7 Å². The Hall–Kier alpha value is -3.66. The van der Waals surface area contributed by atoms with Crippen LogP contribution in [-0.4, -0.2) is 92.0 Å². The number of carbonyl (C=O) groups excluding carboxylic acids is 1. The largest absolute Gasteiger partial charge is 0.507 e. The molecule has 0 radical (unpaired) electrons. The summed E-state index contributed by atoms with van der Waals surface area (Å²) in [5, 5.41) is 11.6. The highest BCUT2D eigenvalue weighted by molar-refractivity contribution is 5.95. The smallest absolute Gasteiger partial charge is 0.410 e. The number of aryl methyl sites for hydroxylation is 1. The summed E-state index contributed by atoms with van der Waals surface area (Å²) < 4.78 is 12.3. The average Bonchev–Trinajstić information content (AvgIpc) is 3.65. The van der Waals surface area contributed by atoms with Crippen molar-refractivity contribution >= 4 is 22.8 Å². The highest BCUT2D eigenvalue weighted by atomic mass is 16.6. The van der Waals surface area contributed by atoms with E-state index < -0.39 is 5.60 Å². The molecule has 6 heterocycles. The molecule has 0 spiro atoms. The molecule has 2 unspecified atom stereocenters. The van der Waals surface area contributed by atoms with Gasteiger partial charge in [0.05, 0.1) is 34.2 Å². The first-order chi connectivity index (χ1) is 21.2. The summed E-state index contributed by atoms with van der Waals surface area (Å²) >= 11 is 0. The number of nitrogens with zero attached hydrogens (tertiary/aromatic N) is 6. The SMILES string of the molecule is CCc1c(-c2ccccc2O)ncc2c(N3CC4CCC(C3)N4C(=O)OC(C)(C)C)nc(OCC34CCCN3CCC4)nc12. The number of benzene rings is 1. The molecule has 4 fully saturated rings. The standard InChI is InChI=1S/C34H44N6O4/c1-5-24-28(25-10-6-7-11-27(25)41)35-18-26-29(24)36-31(43-21-34-14-8-16-39(34)17-9-15-34)37-30(26)38-19-22-12-13-23(20-38)40(22)32(42)44-33(2,3)4/h6-7,10-11,18,22-23,41H,5,8-9,12-17,19-21H2,1-4H3. The molecule has 2 atom stereocenters. The molecule has 1 N–H and O–H groups in total. The van der Waals surface area contributed by atoms with Crippen LogP contribution in [0.25, 0.3) is 22.2 Å². The van der Waals surface area contributed by atoms with Gasteiger partial charge in [-0.15, -0.1) is 0 Å². The summed E-state index contributed by atoms with van der Waals surface area (Å²) in [4.78, 5) is 35.0. The van der Waals surface area contributed by atoms with Crippen LogP contribution in [0.3, 0.4) is 0 Å². The van der Waals surface area contributed by atoms with E-state index in [1.807, 2.05) is 50.1 Å². The van der Waals surface area contributed by atoms with Gasteiger partial charge in [0, 0.05) is 30.4 Å². The Labute approximate surface area is 259 Å². The Morgan fingerprint density at radius 1 is 1.07 bits per heavy atom. The second kappa shape index (κ2) is 11.1. The number of pyridine rings is 1. The molecule has 2 bridgehead atoms. The van der Waals surface area contributed by atoms with Gasteiger partial charge in [-0.05, 0) is 90.9 Å². The Bertz CT molecular complexity index is 1550. The third-order valence-corrected chi connectivity index (χ3v) is 9.98. The fourth-order valence-corrected chi connectivity index (χ4v) is 8.00. The molecule has 1 aromatic carbocycles. The number of amides is 1. The molecule has 3 aromatic rings. The van der Waals surface area contributed by atoms with Gasteiger partial charge in [0.1, 0.15) is 23.8 Å². The normalized spacial score (nSPS) is 22.9. The van der Waals surface area contributed by atoms with Crippen molar-refractivity contribution in [3.8, 4) is 23.0 Å². The van der Waals surface area contributed by atoms with Crippen LogP contribution in [0.1, 0.15) is 71.8 Å². The number of phenols is 1. The molecule has 4 saturated heterocycles. The van der Waals surface area contributed by atoms with Gasteiger partial charge in [0.15, 0.2) is 0 Å². The molecular weight excluding hydrogens is 556 g/mol. The maximum absolute atomic E-state index is 13.2. The summed E-state index contributed by atoms with van der Waals surface area (Å²) in [6, 6.07) is 7.78. The minimum atomic E-state index is -0.538. The van der Waals surface area contributed by atoms with Crippen LogP contribution in [0, 0.1) is 0 Å². The molecule has 0 aliphatic carbocycles. The molecule has 10 heteroatoms. The lowest BCUT2D eigenvalue weighted by Gasteiger charge is -2.42. The van der Waals surface area contributed by atoms with E-state index in [4.69, 9.17) is 24.4 Å². The minimum absolute atomic E-state index is 0.0431. The highest BCUT2D eigenvalue weighted by Crippen LogP contribution is 2.41. The summed E-state index contributed by atoms with van der Waals surface area (Å²) in [5.41, 5.74) is 2.70. The topological polar surface area (TPSA) is 104 Å². The van der Waals surface area contributed by atoms with Crippen LogP contribution in [0.2, 0.25) is 0 Å². The van der Waals surface area contributed by atoms with E-state index in [9.17, 15) is 9.90 Å². The Morgan fingerprint density at radius 2 is 1.77 bits per heavy atom. The van der Waals surface area contributed by atoms with Crippen LogP contribution in [0.4, 0.5) is 10.6 Å². The molecule has 234 valence electrons.